The van der Waals surface area contributed by atoms with Crippen LogP contribution in [0.4, 0.5) is 0 Å². The van der Waals surface area contributed by atoms with Crippen LogP contribution in [0.15, 0.2) is 23.3 Å². The Kier molecular flexibility index (Phi) is 11.4. The fourth-order valence-corrected chi connectivity index (χ4v) is 3.50. The van der Waals surface area contributed by atoms with Crippen molar-refractivity contribution in [2.75, 3.05) is 19.7 Å². The third-order valence-electron chi connectivity index (χ3n) is 3.80. The number of guanidine groups is 1. The molecule has 7 nitrogen and oxygen atoms in total. The number of ether oxygens (including phenoxy) is 1. The molecule has 0 radical (unpaired) electrons. The summed E-state index contributed by atoms with van der Waals surface area (Å²) < 4.78 is 5.09. The van der Waals surface area contributed by atoms with Gasteiger partial charge < -0.3 is 15.4 Å². The fourth-order valence-electron chi connectivity index (χ4n) is 2.43. The van der Waals surface area contributed by atoms with E-state index >= 15 is 0 Å². The van der Waals surface area contributed by atoms with Crippen molar-refractivity contribution in [3.05, 3.63) is 44.6 Å². The number of halogens is 2. The molecule has 1 atom stereocenters. The zero-order chi connectivity index (χ0) is 20.5. The Labute approximate surface area is 197 Å². The maximum Gasteiger partial charge on any atom is 0.350 e. The molecule has 0 aromatic carbocycles. The van der Waals surface area contributed by atoms with Gasteiger partial charge in [0.05, 0.1) is 18.3 Å². The van der Waals surface area contributed by atoms with E-state index in [0.29, 0.717) is 34.8 Å². The molecule has 0 aliphatic rings. The number of thiazole rings is 1. The number of esters is 1. The number of rotatable bonds is 8. The van der Waals surface area contributed by atoms with Crippen LogP contribution in [-0.4, -0.2) is 41.6 Å². The highest BCUT2D eigenvalue weighted by Crippen LogP contribution is 2.24. The molecule has 1 unspecified atom stereocenters. The maximum atomic E-state index is 12.0. The molecule has 0 spiro atoms. The van der Waals surface area contributed by atoms with E-state index in [1.165, 1.54) is 11.3 Å². The molecule has 10 heteroatoms. The molecule has 0 aliphatic carbocycles. The van der Waals surface area contributed by atoms with Crippen molar-refractivity contribution in [1.82, 2.24) is 20.6 Å². The van der Waals surface area contributed by atoms with E-state index in [2.05, 4.69) is 25.6 Å². The van der Waals surface area contributed by atoms with Gasteiger partial charge in [-0.3, -0.25) is 4.99 Å². The van der Waals surface area contributed by atoms with Gasteiger partial charge in [0.1, 0.15) is 15.0 Å². The van der Waals surface area contributed by atoms with Crippen molar-refractivity contribution in [3.63, 3.8) is 0 Å². The number of hydrogen-bond donors (Lipinski definition) is 2. The van der Waals surface area contributed by atoms with Crippen molar-refractivity contribution >= 4 is 58.8 Å². The van der Waals surface area contributed by atoms with Crippen molar-refractivity contribution < 1.29 is 9.53 Å². The van der Waals surface area contributed by atoms with Gasteiger partial charge in [-0.25, -0.2) is 14.8 Å². The van der Waals surface area contributed by atoms with E-state index in [-0.39, 0.29) is 36.0 Å². The van der Waals surface area contributed by atoms with Crippen LogP contribution in [0.25, 0.3) is 0 Å². The second-order valence-electron chi connectivity index (χ2n) is 6.05. The Morgan fingerprint density at radius 3 is 2.76 bits per heavy atom. The molecule has 2 N–H and O–H groups in total. The molecule has 2 aromatic heterocycles. The van der Waals surface area contributed by atoms with Crippen molar-refractivity contribution in [3.8, 4) is 0 Å². The number of aliphatic imine (C=N–C) groups is 1. The van der Waals surface area contributed by atoms with Crippen molar-refractivity contribution in [2.24, 2.45) is 4.99 Å². The summed E-state index contributed by atoms with van der Waals surface area (Å²) in [5, 5.41) is 7.87. The van der Waals surface area contributed by atoms with Crippen LogP contribution in [0, 0.1) is 6.92 Å². The molecule has 29 heavy (non-hydrogen) atoms. The van der Waals surface area contributed by atoms with Crippen LogP contribution in [0.3, 0.4) is 0 Å². The Balaban J connectivity index is 0.00000420. The number of nitrogens with zero attached hydrogens (tertiary/aromatic N) is 3. The standard InChI is InChI=1S/C19H26ClN5O2S.HI/c1-5-21-19(22-10-9-14-7-8-15(20)23-11-14)25-13(4)17-24-12(3)16(28-17)18(26)27-6-2;/h7-8,11,13H,5-6,9-10H2,1-4H3,(H2,21,22,25);1H. The van der Waals surface area contributed by atoms with E-state index in [0.717, 1.165) is 23.5 Å². The predicted octanol–water partition coefficient (Wildman–Crippen LogP) is 4.15. The summed E-state index contributed by atoms with van der Waals surface area (Å²) in [6, 6.07) is 3.63. The highest BCUT2D eigenvalue weighted by Gasteiger charge is 2.20. The molecule has 0 bridgehead atoms. The maximum absolute atomic E-state index is 12.0. The van der Waals surface area contributed by atoms with Gasteiger partial charge in [0.25, 0.3) is 0 Å². The molecule has 0 amide bonds. The van der Waals surface area contributed by atoms with Crippen LogP contribution in [-0.2, 0) is 11.2 Å². The highest BCUT2D eigenvalue weighted by atomic mass is 127. The van der Waals surface area contributed by atoms with Crippen LogP contribution >= 0.6 is 46.9 Å². The lowest BCUT2D eigenvalue weighted by molar-refractivity contribution is 0.0531. The second kappa shape index (κ2) is 13.0. The molecule has 0 saturated carbocycles. The summed E-state index contributed by atoms with van der Waals surface area (Å²) in [5.74, 6) is 0.371. The van der Waals surface area contributed by atoms with Crippen LogP contribution in [0.1, 0.15) is 52.7 Å². The van der Waals surface area contributed by atoms with Gasteiger partial charge in [0, 0.05) is 19.3 Å². The van der Waals surface area contributed by atoms with Crippen LogP contribution < -0.4 is 10.6 Å². The first-order chi connectivity index (χ1) is 13.4. The molecule has 160 valence electrons. The van der Waals surface area contributed by atoms with Gasteiger partial charge in [0.15, 0.2) is 5.96 Å². The van der Waals surface area contributed by atoms with E-state index in [4.69, 9.17) is 16.3 Å². The predicted molar refractivity (Wildman–Crippen MR) is 129 cm³/mol. The first kappa shape index (κ1) is 25.6. The van der Waals surface area contributed by atoms with E-state index < -0.39 is 0 Å². The number of aryl methyl sites for hydroxylation is 1. The van der Waals surface area contributed by atoms with E-state index in [1.807, 2.05) is 26.8 Å². The lowest BCUT2D eigenvalue weighted by Gasteiger charge is -2.16. The molecule has 0 saturated heterocycles. The van der Waals surface area contributed by atoms with Crippen LogP contribution in [0.2, 0.25) is 5.15 Å². The zero-order valence-corrected chi connectivity index (χ0v) is 20.9. The number of hydrogen-bond acceptors (Lipinski definition) is 6. The van der Waals surface area contributed by atoms with Crippen molar-refractivity contribution in [2.45, 2.75) is 40.2 Å². The Hall–Kier alpha value is -1.46. The van der Waals surface area contributed by atoms with Gasteiger partial charge in [-0.2, -0.15) is 0 Å². The normalized spacial score (nSPS) is 12.1. The molecule has 0 fully saturated rings. The number of pyridine rings is 1. The monoisotopic (exact) mass is 551 g/mol. The minimum absolute atomic E-state index is 0. The number of aromatic nitrogens is 2. The molecule has 2 heterocycles. The minimum atomic E-state index is -0.326. The third kappa shape index (κ3) is 8.06. The largest absolute Gasteiger partial charge is 0.462 e. The van der Waals surface area contributed by atoms with E-state index in [1.54, 1.807) is 19.2 Å². The van der Waals surface area contributed by atoms with Gasteiger partial charge in [-0.15, -0.1) is 35.3 Å². The summed E-state index contributed by atoms with van der Waals surface area (Å²) >= 11 is 7.16. The summed E-state index contributed by atoms with van der Waals surface area (Å²) in [4.78, 5) is 25.8. The molecule has 0 aliphatic heterocycles. The average Bonchev–Trinajstić information content (AvgIpc) is 3.06. The van der Waals surface area contributed by atoms with Crippen LogP contribution in [0.5, 0.6) is 0 Å². The number of carbonyl (C=O) groups is 1. The topological polar surface area (TPSA) is 88.5 Å². The average molecular weight is 552 g/mol. The highest BCUT2D eigenvalue weighted by molar-refractivity contribution is 14.0. The molecule has 2 rings (SSSR count). The third-order valence-corrected chi connectivity index (χ3v) is 5.34. The lowest BCUT2D eigenvalue weighted by Crippen LogP contribution is -2.38. The first-order valence-electron chi connectivity index (χ1n) is 9.24. The van der Waals surface area contributed by atoms with Gasteiger partial charge in [0.2, 0.25) is 0 Å². The zero-order valence-electron chi connectivity index (χ0n) is 17.0. The van der Waals surface area contributed by atoms with Gasteiger partial charge in [-0.05, 0) is 45.7 Å². The Morgan fingerprint density at radius 1 is 1.38 bits per heavy atom. The Bertz CT molecular complexity index is 813. The summed E-state index contributed by atoms with van der Waals surface area (Å²) in [6.45, 7) is 9.31. The van der Waals surface area contributed by atoms with E-state index in [9.17, 15) is 4.79 Å². The minimum Gasteiger partial charge on any atom is -0.462 e. The second-order valence-corrected chi connectivity index (χ2v) is 7.47. The SMILES string of the molecule is CCNC(=NCCc1ccc(Cl)nc1)NC(C)c1nc(C)c(C(=O)OCC)s1.I. The van der Waals surface area contributed by atoms with Gasteiger partial charge in [-0.1, -0.05) is 17.7 Å². The number of carbonyl (C=O) groups excluding carboxylic acids is 1. The fraction of sp³-hybridized carbons (Fsp3) is 0.474. The number of nitrogens with one attached hydrogen (secondary N) is 2. The smallest absolute Gasteiger partial charge is 0.350 e. The lowest BCUT2D eigenvalue weighted by atomic mass is 10.2. The molecular weight excluding hydrogens is 525 g/mol. The van der Waals surface area contributed by atoms with Crippen molar-refractivity contribution in [1.29, 1.82) is 0 Å². The first-order valence-corrected chi connectivity index (χ1v) is 10.4. The molecular formula is C19H27ClIN5O2S. The summed E-state index contributed by atoms with van der Waals surface area (Å²) in [5.41, 5.74) is 1.76. The Morgan fingerprint density at radius 2 is 2.14 bits per heavy atom. The summed E-state index contributed by atoms with van der Waals surface area (Å²) in [7, 11) is 0. The molecule has 2 aromatic rings. The summed E-state index contributed by atoms with van der Waals surface area (Å²) in [6.07, 6.45) is 2.52. The quantitative estimate of drug-likeness (QED) is 0.168. The van der Waals surface area contributed by atoms with Gasteiger partial charge >= 0.3 is 5.97 Å².